The molecule has 0 bridgehead atoms. The average molecular weight is 202 g/mol. The number of rotatable bonds is 1. The molecule has 0 atom stereocenters. The first-order valence-corrected chi connectivity index (χ1v) is 5.35. The Balaban J connectivity index is 0.000000531. The van der Waals surface area contributed by atoms with Crippen molar-refractivity contribution in [1.82, 2.24) is 4.98 Å². The van der Waals surface area contributed by atoms with Crippen LogP contribution >= 0.6 is 0 Å². The highest BCUT2D eigenvalue weighted by Gasteiger charge is 1.98. The van der Waals surface area contributed by atoms with E-state index in [1.807, 2.05) is 46.0 Å². The number of benzene rings is 1. The van der Waals surface area contributed by atoms with Gasteiger partial charge in [-0.1, -0.05) is 19.9 Å². The standard InChI is InChI=1S/C11H12N2.C2H6/c1-8-6-7-9-10(12-2)4-3-5-11(9)13-8;1-2/h3-7,12H,1-2H3;1-2H3. The van der Waals surface area contributed by atoms with Gasteiger partial charge in [0.15, 0.2) is 0 Å². The Hall–Kier alpha value is -1.57. The number of nitrogens with one attached hydrogen (secondary N) is 1. The molecule has 2 heteroatoms. The van der Waals surface area contributed by atoms with Crippen molar-refractivity contribution < 1.29 is 0 Å². The number of anilines is 1. The predicted octanol–water partition coefficient (Wildman–Crippen LogP) is 3.61. The lowest BCUT2D eigenvalue weighted by Gasteiger charge is -2.04. The Bertz CT molecular complexity index is 435. The minimum atomic E-state index is 1.05. The summed E-state index contributed by atoms with van der Waals surface area (Å²) in [6.07, 6.45) is 0. The van der Waals surface area contributed by atoms with Crippen LogP contribution in [-0.4, -0.2) is 12.0 Å². The number of aryl methyl sites for hydroxylation is 1. The highest BCUT2D eigenvalue weighted by molar-refractivity contribution is 5.91. The molecule has 1 aromatic heterocycles. The lowest BCUT2D eigenvalue weighted by atomic mass is 10.1. The molecule has 0 aliphatic carbocycles. The first kappa shape index (κ1) is 11.5. The number of pyridine rings is 1. The van der Waals surface area contributed by atoms with Gasteiger partial charge in [-0.05, 0) is 31.2 Å². The molecule has 2 nitrogen and oxygen atoms in total. The van der Waals surface area contributed by atoms with Crippen molar-refractivity contribution in [3.8, 4) is 0 Å². The van der Waals surface area contributed by atoms with Gasteiger partial charge in [0, 0.05) is 23.8 Å². The third-order valence-corrected chi connectivity index (χ3v) is 2.14. The maximum absolute atomic E-state index is 4.44. The van der Waals surface area contributed by atoms with Crippen LogP contribution in [0.2, 0.25) is 0 Å². The van der Waals surface area contributed by atoms with Crippen molar-refractivity contribution in [2.24, 2.45) is 0 Å². The largest absolute Gasteiger partial charge is 0.388 e. The molecule has 1 heterocycles. The summed E-state index contributed by atoms with van der Waals surface area (Å²) in [4.78, 5) is 4.44. The van der Waals surface area contributed by atoms with Gasteiger partial charge < -0.3 is 5.32 Å². The van der Waals surface area contributed by atoms with E-state index in [1.165, 1.54) is 5.39 Å². The zero-order chi connectivity index (χ0) is 11.3. The van der Waals surface area contributed by atoms with Crippen LogP contribution in [0.15, 0.2) is 30.3 Å². The summed E-state index contributed by atoms with van der Waals surface area (Å²) in [7, 11) is 1.93. The monoisotopic (exact) mass is 202 g/mol. The molecule has 0 amide bonds. The normalized spacial score (nSPS) is 9.33. The van der Waals surface area contributed by atoms with E-state index in [0.29, 0.717) is 0 Å². The Labute approximate surface area is 91.3 Å². The van der Waals surface area contributed by atoms with Gasteiger partial charge in [0.1, 0.15) is 0 Å². The number of hydrogen-bond acceptors (Lipinski definition) is 2. The lowest BCUT2D eigenvalue weighted by molar-refractivity contribution is 1.25. The molecule has 0 unspecified atom stereocenters. The molecule has 0 saturated heterocycles. The average Bonchev–Trinajstić information content (AvgIpc) is 2.30. The highest BCUT2D eigenvalue weighted by atomic mass is 14.8. The summed E-state index contributed by atoms with van der Waals surface area (Å²) in [5.74, 6) is 0. The quantitative estimate of drug-likeness (QED) is 0.764. The zero-order valence-corrected chi connectivity index (χ0v) is 9.83. The molecule has 0 aliphatic heterocycles. The maximum Gasteiger partial charge on any atom is 0.0725 e. The summed E-state index contributed by atoms with van der Waals surface area (Å²) in [5, 5.41) is 4.33. The molecule has 80 valence electrons. The van der Waals surface area contributed by atoms with Crippen LogP contribution in [0.5, 0.6) is 0 Å². The van der Waals surface area contributed by atoms with Gasteiger partial charge in [-0.3, -0.25) is 4.98 Å². The van der Waals surface area contributed by atoms with Gasteiger partial charge in [-0.15, -0.1) is 0 Å². The lowest BCUT2D eigenvalue weighted by Crippen LogP contribution is -1.90. The minimum Gasteiger partial charge on any atom is -0.388 e. The SMILES string of the molecule is CC.CNc1cccc2nc(C)ccc12. The van der Waals surface area contributed by atoms with Crippen LogP contribution in [0.25, 0.3) is 10.9 Å². The molecular weight excluding hydrogens is 184 g/mol. The fraction of sp³-hybridized carbons (Fsp3) is 0.308. The Morgan fingerprint density at radius 2 is 1.80 bits per heavy atom. The van der Waals surface area contributed by atoms with Crippen molar-refractivity contribution in [2.45, 2.75) is 20.8 Å². The molecule has 0 saturated carbocycles. The summed E-state index contributed by atoms with van der Waals surface area (Å²) in [6, 6.07) is 10.2. The van der Waals surface area contributed by atoms with E-state index in [2.05, 4.69) is 22.4 Å². The second-order valence-electron chi connectivity index (χ2n) is 3.07. The Kier molecular flexibility index (Phi) is 4.10. The molecule has 0 aliphatic rings. The topological polar surface area (TPSA) is 24.9 Å². The van der Waals surface area contributed by atoms with Crippen molar-refractivity contribution in [1.29, 1.82) is 0 Å². The van der Waals surface area contributed by atoms with E-state index in [0.717, 1.165) is 16.9 Å². The molecule has 0 radical (unpaired) electrons. The summed E-state index contributed by atoms with van der Waals surface area (Å²) in [6.45, 7) is 6.01. The van der Waals surface area contributed by atoms with Gasteiger partial charge in [0.2, 0.25) is 0 Å². The van der Waals surface area contributed by atoms with Crippen molar-refractivity contribution in [3.05, 3.63) is 36.0 Å². The number of nitrogens with zero attached hydrogens (tertiary/aromatic N) is 1. The van der Waals surface area contributed by atoms with Crippen molar-refractivity contribution in [2.75, 3.05) is 12.4 Å². The first-order valence-electron chi connectivity index (χ1n) is 5.35. The Morgan fingerprint density at radius 1 is 1.07 bits per heavy atom. The summed E-state index contributed by atoms with van der Waals surface area (Å²) >= 11 is 0. The summed E-state index contributed by atoms with van der Waals surface area (Å²) in [5.41, 5.74) is 3.23. The van der Waals surface area contributed by atoms with Crippen LogP contribution in [0, 0.1) is 6.92 Å². The molecule has 15 heavy (non-hydrogen) atoms. The van der Waals surface area contributed by atoms with Crippen LogP contribution < -0.4 is 5.32 Å². The number of fused-ring (bicyclic) bond motifs is 1. The van der Waals surface area contributed by atoms with Crippen LogP contribution in [-0.2, 0) is 0 Å². The molecule has 1 aromatic carbocycles. The molecule has 0 fully saturated rings. The van der Waals surface area contributed by atoms with Gasteiger partial charge >= 0.3 is 0 Å². The van der Waals surface area contributed by atoms with E-state index >= 15 is 0 Å². The zero-order valence-electron chi connectivity index (χ0n) is 9.83. The molecule has 1 N–H and O–H groups in total. The van der Waals surface area contributed by atoms with Gasteiger partial charge in [-0.2, -0.15) is 0 Å². The second-order valence-corrected chi connectivity index (χ2v) is 3.07. The molecule has 0 spiro atoms. The third-order valence-electron chi connectivity index (χ3n) is 2.14. The van der Waals surface area contributed by atoms with Crippen LogP contribution in [0.3, 0.4) is 0 Å². The van der Waals surface area contributed by atoms with E-state index in [-0.39, 0.29) is 0 Å². The van der Waals surface area contributed by atoms with E-state index in [1.54, 1.807) is 0 Å². The second kappa shape index (κ2) is 5.35. The fourth-order valence-corrected chi connectivity index (χ4v) is 1.47. The van der Waals surface area contributed by atoms with Crippen LogP contribution in [0.1, 0.15) is 19.5 Å². The minimum absolute atomic E-state index is 1.05. The Morgan fingerprint density at radius 3 is 2.47 bits per heavy atom. The van der Waals surface area contributed by atoms with Gasteiger partial charge in [-0.25, -0.2) is 0 Å². The van der Waals surface area contributed by atoms with Gasteiger partial charge in [0.25, 0.3) is 0 Å². The maximum atomic E-state index is 4.44. The van der Waals surface area contributed by atoms with Crippen LogP contribution in [0.4, 0.5) is 5.69 Å². The highest BCUT2D eigenvalue weighted by Crippen LogP contribution is 2.21. The van der Waals surface area contributed by atoms with Crippen molar-refractivity contribution in [3.63, 3.8) is 0 Å². The molecule has 2 aromatic rings. The van der Waals surface area contributed by atoms with E-state index < -0.39 is 0 Å². The first-order chi connectivity index (χ1) is 7.31. The predicted molar refractivity (Wildman–Crippen MR) is 67.4 cm³/mol. The summed E-state index contributed by atoms with van der Waals surface area (Å²) < 4.78 is 0. The van der Waals surface area contributed by atoms with E-state index in [4.69, 9.17) is 0 Å². The number of hydrogen-bond donors (Lipinski definition) is 1. The molecule has 2 rings (SSSR count). The third kappa shape index (κ3) is 2.46. The van der Waals surface area contributed by atoms with Gasteiger partial charge in [0.05, 0.1) is 5.52 Å². The van der Waals surface area contributed by atoms with E-state index in [9.17, 15) is 0 Å². The van der Waals surface area contributed by atoms with Crippen molar-refractivity contribution >= 4 is 16.6 Å². The fourth-order valence-electron chi connectivity index (χ4n) is 1.47. The smallest absolute Gasteiger partial charge is 0.0725 e. The number of aromatic nitrogens is 1. The molecular formula is C13H18N2.